The third-order valence-electron chi connectivity index (χ3n) is 3.49. The van der Waals surface area contributed by atoms with Crippen LogP contribution < -0.4 is 5.48 Å². The van der Waals surface area contributed by atoms with Crippen molar-refractivity contribution >= 4 is 17.5 Å². The minimum absolute atomic E-state index is 0.0508. The van der Waals surface area contributed by atoms with Crippen molar-refractivity contribution in [3.8, 4) is 0 Å². The maximum Gasteiger partial charge on any atom is 0.309 e. The van der Waals surface area contributed by atoms with E-state index < -0.39 is 11.9 Å². The van der Waals surface area contributed by atoms with Gasteiger partial charge in [-0.05, 0) is 18.8 Å². The Hall–Kier alpha value is -1.79. The van der Waals surface area contributed by atoms with E-state index in [4.69, 9.17) is 9.57 Å². The molecule has 0 saturated heterocycles. The molecule has 1 saturated carbocycles. The smallest absolute Gasteiger partial charge is 0.309 e. The molecule has 0 bridgehead atoms. The van der Waals surface area contributed by atoms with E-state index >= 15 is 0 Å². The van der Waals surface area contributed by atoms with Crippen LogP contribution in [-0.4, -0.2) is 37.3 Å². The molecule has 1 aliphatic rings. The molecule has 6 heteroatoms. The maximum absolute atomic E-state index is 12.1. The molecule has 0 aromatic rings. The van der Waals surface area contributed by atoms with E-state index in [2.05, 4.69) is 12.1 Å². The molecule has 24 heavy (non-hydrogen) atoms. The van der Waals surface area contributed by atoms with E-state index in [0.29, 0.717) is 26.2 Å². The summed E-state index contributed by atoms with van der Waals surface area (Å²) in [5.41, 5.74) is 2.98. The van der Waals surface area contributed by atoms with Gasteiger partial charge in [0.25, 0.3) is 0 Å². The standard InChI is InChI=1S/C18H27NO5/c1-4-9-24-19-8-6-5-7-15-16(20)10-14(11-17(15)21)18(22)23-12-13(2)3/h4,7,13-14,19H,1,5-6,8-12H2,2-3H3. The molecule has 0 radical (unpaired) electrons. The van der Waals surface area contributed by atoms with Crippen molar-refractivity contribution in [2.24, 2.45) is 11.8 Å². The van der Waals surface area contributed by atoms with E-state index in [1.165, 1.54) is 0 Å². The van der Waals surface area contributed by atoms with Crippen molar-refractivity contribution in [2.45, 2.75) is 39.5 Å². The molecule has 0 aliphatic heterocycles. The third-order valence-corrected chi connectivity index (χ3v) is 3.49. The normalized spacial score (nSPS) is 18.0. The minimum atomic E-state index is -0.644. The molecule has 0 aromatic carbocycles. The summed E-state index contributed by atoms with van der Waals surface area (Å²) in [6.07, 6.45) is 4.73. The topological polar surface area (TPSA) is 81.7 Å². The first-order valence-corrected chi connectivity index (χ1v) is 8.34. The minimum Gasteiger partial charge on any atom is -0.465 e. The highest BCUT2D eigenvalue weighted by Crippen LogP contribution is 2.24. The van der Waals surface area contributed by atoms with Crippen molar-refractivity contribution < 1.29 is 24.0 Å². The number of hydrogen-bond donors (Lipinski definition) is 1. The molecule has 1 rings (SSSR count). The predicted molar refractivity (Wildman–Crippen MR) is 90.0 cm³/mol. The Morgan fingerprint density at radius 1 is 1.33 bits per heavy atom. The van der Waals surface area contributed by atoms with Gasteiger partial charge >= 0.3 is 5.97 Å². The number of rotatable bonds is 10. The van der Waals surface area contributed by atoms with Crippen LogP contribution in [0.3, 0.4) is 0 Å². The lowest BCUT2D eigenvalue weighted by Gasteiger charge is -2.21. The average molecular weight is 337 g/mol. The summed E-state index contributed by atoms with van der Waals surface area (Å²) in [5.74, 6) is -1.41. The lowest BCUT2D eigenvalue weighted by Crippen LogP contribution is -2.32. The zero-order valence-electron chi connectivity index (χ0n) is 14.5. The van der Waals surface area contributed by atoms with Crippen LogP contribution in [-0.2, 0) is 24.0 Å². The van der Waals surface area contributed by atoms with Gasteiger partial charge in [0.2, 0.25) is 0 Å². The first kappa shape index (κ1) is 20.3. The quantitative estimate of drug-likeness (QED) is 0.164. The van der Waals surface area contributed by atoms with Crippen LogP contribution in [0.5, 0.6) is 0 Å². The fraction of sp³-hybridized carbons (Fsp3) is 0.611. The first-order valence-electron chi connectivity index (χ1n) is 8.34. The van der Waals surface area contributed by atoms with Gasteiger partial charge in [-0.25, -0.2) is 5.48 Å². The Bertz CT molecular complexity index is 476. The van der Waals surface area contributed by atoms with Gasteiger partial charge in [-0.15, -0.1) is 6.58 Å². The second-order valence-corrected chi connectivity index (χ2v) is 6.23. The van der Waals surface area contributed by atoms with Crippen LogP contribution in [0.15, 0.2) is 24.3 Å². The van der Waals surface area contributed by atoms with Crippen LogP contribution in [0.2, 0.25) is 0 Å². The lowest BCUT2D eigenvalue weighted by molar-refractivity contribution is -0.153. The lowest BCUT2D eigenvalue weighted by atomic mass is 9.83. The predicted octanol–water partition coefficient (Wildman–Crippen LogP) is 2.15. The third kappa shape index (κ3) is 7.19. The Labute approximate surface area is 143 Å². The van der Waals surface area contributed by atoms with E-state index in [1.807, 2.05) is 13.8 Å². The Balaban J connectivity index is 2.41. The Morgan fingerprint density at radius 3 is 2.58 bits per heavy atom. The number of carbonyl (C=O) groups excluding carboxylic acids is 3. The SMILES string of the molecule is C=CCONCCCC=C1C(=O)CC(C(=O)OCC(C)C)CC1=O. The molecule has 6 nitrogen and oxygen atoms in total. The van der Waals surface area contributed by atoms with Gasteiger partial charge in [-0.1, -0.05) is 26.0 Å². The molecule has 134 valence electrons. The van der Waals surface area contributed by atoms with Gasteiger partial charge < -0.3 is 4.74 Å². The van der Waals surface area contributed by atoms with Gasteiger partial charge in [0.05, 0.1) is 24.7 Å². The first-order chi connectivity index (χ1) is 11.5. The molecule has 1 aliphatic carbocycles. The Kier molecular flexibility index (Phi) is 9.19. The number of unbranched alkanes of at least 4 members (excludes halogenated alkanes) is 1. The molecule has 0 amide bonds. The second-order valence-electron chi connectivity index (χ2n) is 6.23. The molecule has 0 aromatic heterocycles. The van der Waals surface area contributed by atoms with Gasteiger partial charge in [-0.2, -0.15) is 0 Å². The van der Waals surface area contributed by atoms with Crippen LogP contribution >= 0.6 is 0 Å². The number of hydrogen-bond acceptors (Lipinski definition) is 6. The summed E-state index contributed by atoms with van der Waals surface area (Å²) >= 11 is 0. The van der Waals surface area contributed by atoms with Gasteiger partial charge in [0.1, 0.15) is 0 Å². The number of allylic oxidation sites excluding steroid dienone is 2. The van der Waals surface area contributed by atoms with Crippen LogP contribution in [0.4, 0.5) is 0 Å². The van der Waals surface area contributed by atoms with E-state index in [1.54, 1.807) is 12.2 Å². The van der Waals surface area contributed by atoms with Crippen molar-refractivity contribution in [3.05, 3.63) is 24.3 Å². The molecule has 0 spiro atoms. The van der Waals surface area contributed by atoms with Gasteiger partial charge in [0, 0.05) is 19.4 Å². The number of ketones is 2. The molecule has 0 atom stereocenters. The van der Waals surface area contributed by atoms with E-state index in [-0.39, 0.29) is 35.9 Å². The largest absolute Gasteiger partial charge is 0.465 e. The average Bonchev–Trinajstić information content (AvgIpc) is 2.53. The zero-order chi connectivity index (χ0) is 17.9. The number of Topliss-reactive ketones (excluding diaryl/α,β-unsaturated/α-hetero) is 2. The fourth-order valence-corrected chi connectivity index (χ4v) is 2.27. The van der Waals surface area contributed by atoms with Crippen molar-refractivity contribution in [3.63, 3.8) is 0 Å². The van der Waals surface area contributed by atoms with Crippen LogP contribution in [0.25, 0.3) is 0 Å². The highest BCUT2D eigenvalue weighted by atomic mass is 16.6. The number of nitrogens with one attached hydrogen (secondary N) is 1. The van der Waals surface area contributed by atoms with Crippen molar-refractivity contribution in [1.82, 2.24) is 5.48 Å². The van der Waals surface area contributed by atoms with E-state index in [0.717, 1.165) is 6.42 Å². The number of ether oxygens (including phenoxy) is 1. The Morgan fingerprint density at radius 2 is 2.00 bits per heavy atom. The summed E-state index contributed by atoms with van der Waals surface area (Å²) in [6, 6.07) is 0. The number of hydroxylamine groups is 1. The molecule has 0 heterocycles. The highest BCUT2D eigenvalue weighted by molar-refractivity contribution is 6.23. The van der Waals surface area contributed by atoms with Crippen molar-refractivity contribution in [1.29, 1.82) is 0 Å². The van der Waals surface area contributed by atoms with Crippen LogP contribution in [0, 0.1) is 11.8 Å². The van der Waals surface area contributed by atoms with Crippen molar-refractivity contribution in [2.75, 3.05) is 19.8 Å². The summed E-state index contributed by atoms with van der Waals surface area (Å²) in [5, 5.41) is 0. The molecular weight excluding hydrogens is 310 g/mol. The molecule has 0 unspecified atom stereocenters. The molecular formula is C18H27NO5. The van der Waals surface area contributed by atoms with Crippen LogP contribution in [0.1, 0.15) is 39.5 Å². The number of esters is 1. The maximum atomic E-state index is 12.1. The van der Waals surface area contributed by atoms with E-state index in [9.17, 15) is 14.4 Å². The summed E-state index contributed by atoms with van der Waals surface area (Å²) in [4.78, 5) is 41.2. The zero-order valence-corrected chi connectivity index (χ0v) is 14.5. The summed E-state index contributed by atoms with van der Waals surface area (Å²) < 4.78 is 5.13. The second kappa shape index (κ2) is 10.9. The van der Waals surface area contributed by atoms with Gasteiger partial charge in [0.15, 0.2) is 11.6 Å². The highest BCUT2D eigenvalue weighted by Gasteiger charge is 2.35. The summed E-state index contributed by atoms with van der Waals surface area (Å²) in [7, 11) is 0. The summed E-state index contributed by atoms with van der Waals surface area (Å²) in [6.45, 7) is 8.74. The monoisotopic (exact) mass is 337 g/mol. The molecule has 1 N–H and O–H groups in total. The number of carbonyl (C=O) groups is 3. The fourth-order valence-electron chi connectivity index (χ4n) is 2.27. The van der Waals surface area contributed by atoms with Gasteiger partial charge in [-0.3, -0.25) is 19.2 Å². The molecule has 1 fully saturated rings.